The van der Waals surface area contributed by atoms with Crippen LogP contribution in [0.1, 0.15) is 31.7 Å². The maximum Gasteiger partial charge on any atom is 0.181 e. The third kappa shape index (κ3) is 1.94. The van der Waals surface area contributed by atoms with E-state index in [4.69, 9.17) is 4.42 Å². The van der Waals surface area contributed by atoms with E-state index in [0.29, 0.717) is 0 Å². The Bertz CT molecular complexity index is 435. The fourth-order valence-corrected chi connectivity index (χ4v) is 1.86. The Morgan fingerprint density at radius 1 is 1.40 bits per heavy atom. The molecule has 0 atom stereocenters. The van der Waals surface area contributed by atoms with Crippen molar-refractivity contribution in [1.82, 2.24) is 4.98 Å². The van der Waals surface area contributed by atoms with Crippen LogP contribution in [-0.4, -0.2) is 4.98 Å². The molecule has 0 saturated carbocycles. The molecule has 1 aromatic rings. The van der Waals surface area contributed by atoms with Crippen LogP contribution in [0.2, 0.25) is 0 Å². The van der Waals surface area contributed by atoms with Gasteiger partial charge in [0, 0.05) is 0 Å². The van der Waals surface area contributed by atoms with Crippen LogP contribution in [0.15, 0.2) is 40.2 Å². The summed E-state index contributed by atoms with van der Waals surface area (Å²) in [6.45, 7) is 4.10. The first-order chi connectivity index (χ1) is 7.35. The maximum absolute atomic E-state index is 5.32. The molecule has 0 radical (unpaired) electrons. The molecule has 0 unspecified atom stereocenters. The zero-order chi connectivity index (χ0) is 10.7. The van der Waals surface area contributed by atoms with Crippen molar-refractivity contribution in [1.29, 1.82) is 0 Å². The van der Waals surface area contributed by atoms with Crippen LogP contribution in [0.3, 0.4) is 0 Å². The van der Waals surface area contributed by atoms with E-state index in [2.05, 4.69) is 36.2 Å². The number of fused-ring (bicyclic) bond motifs is 1. The van der Waals surface area contributed by atoms with Crippen molar-refractivity contribution in [3.8, 4) is 0 Å². The van der Waals surface area contributed by atoms with Crippen molar-refractivity contribution < 1.29 is 4.42 Å². The van der Waals surface area contributed by atoms with Gasteiger partial charge in [0.1, 0.15) is 0 Å². The van der Waals surface area contributed by atoms with Crippen molar-refractivity contribution in [3.63, 3.8) is 0 Å². The molecular formula is C13H15NO. The van der Waals surface area contributed by atoms with Gasteiger partial charge in [-0.25, -0.2) is 4.98 Å². The Balaban J connectivity index is 2.33. The summed E-state index contributed by atoms with van der Waals surface area (Å²) in [7, 11) is 0. The molecule has 2 heteroatoms. The summed E-state index contributed by atoms with van der Waals surface area (Å²) in [6, 6.07) is 0. The highest BCUT2D eigenvalue weighted by Gasteiger charge is 2.15. The van der Waals surface area contributed by atoms with Gasteiger partial charge in [0.2, 0.25) is 0 Å². The molecule has 0 bridgehead atoms. The van der Waals surface area contributed by atoms with Crippen LogP contribution >= 0.6 is 0 Å². The molecule has 0 amide bonds. The highest BCUT2D eigenvalue weighted by Crippen LogP contribution is 2.27. The summed E-state index contributed by atoms with van der Waals surface area (Å²) in [4.78, 5) is 4.17. The van der Waals surface area contributed by atoms with Gasteiger partial charge in [-0.3, -0.25) is 0 Å². The maximum atomic E-state index is 5.32. The third-order valence-corrected chi connectivity index (χ3v) is 2.64. The molecule has 1 aromatic heterocycles. The van der Waals surface area contributed by atoms with Gasteiger partial charge in [0.15, 0.2) is 12.2 Å². The van der Waals surface area contributed by atoms with E-state index >= 15 is 0 Å². The van der Waals surface area contributed by atoms with Gasteiger partial charge in [0.05, 0.1) is 5.69 Å². The van der Waals surface area contributed by atoms with Crippen molar-refractivity contribution in [2.75, 3.05) is 0 Å². The molecule has 0 aliphatic heterocycles. The summed E-state index contributed by atoms with van der Waals surface area (Å²) in [5, 5.41) is 0. The lowest BCUT2D eigenvalue weighted by molar-refractivity contribution is 0.544. The standard InChI is InChI=1S/C13H15NO/c1-3-5-10(4-2)11-6-7-12-13(8-11)15-9-14-12/h3-5,8-9H,6-7H2,1-2H3. The fraction of sp³-hybridized carbons (Fsp3) is 0.308. The van der Waals surface area contributed by atoms with Gasteiger partial charge in [0.25, 0.3) is 0 Å². The van der Waals surface area contributed by atoms with E-state index in [1.807, 2.05) is 6.92 Å². The highest BCUT2D eigenvalue weighted by atomic mass is 16.3. The van der Waals surface area contributed by atoms with Gasteiger partial charge in [-0.2, -0.15) is 0 Å². The topological polar surface area (TPSA) is 26.0 Å². The van der Waals surface area contributed by atoms with E-state index in [1.54, 1.807) is 0 Å². The summed E-state index contributed by atoms with van der Waals surface area (Å²) < 4.78 is 5.32. The lowest BCUT2D eigenvalue weighted by atomic mass is 9.94. The number of hydrogen-bond donors (Lipinski definition) is 0. The molecular weight excluding hydrogens is 186 g/mol. The molecule has 78 valence electrons. The Kier molecular flexibility index (Phi) is 2.86. The van der Waals surface area contributed by atoms with Crippen LogP contribution in [0.5, 0.6) is 0 Å². The molecule has 0 saturated heterocycles. The molecule has 1 aliphatic carbocycles. The number of rotatable bonds is 2. The number of allylic oxidation sites excluding steroid dienone is 5. The van der Waals surface area contributed by atoms with E-state index in [-0.39, 0.29) is 0 Å². The first kappa shape index (κ1) is 9.97. The first-order valence-electron chi connectivity index (χ1n) is 5.27. The second-order valence-electron chi connectivity index (χ2n) is 3.58. The molecule has 0 fully saturated rings. The minimum atomic E-state index is 0.917. The molecule has 2 rings (SSSR count). The van der Waals surface area contributed by atoms with Crippen LogP contribution in [0.4, 0.5) is 0 Å². The summed E-state index contributed by atoms with van der Waals surface area (Å²) in [5.41, 5.74) is 3.69. The first-order valence-corrected chi connectivity index (χ1v) is 5.27. The highest BCUT2D eigenvalue weighted by molar-refractivity contribution is 5.61. The second-order valence-corrected chi connectivity index (χ2v) is 3.58. The Hall–Kier alpha value is -1.57. The zero-order valence-corrected chi connectivity index (χ0v) is 9.16. The van der Waals surface area contributed by atoms with Crippen molar-refractivity contribution in [2.24, 2.45) is 0 Å². The van der Waals surface area contributed by atoms with Gasteiger partial charge < -0.3 is 4.42 Å². The predicted molar refractivity (Wildman–Crippen MR) is 61.4 cm³/mol. The van der Waals surface area contributed by atoms with E-state index in [0.717, 1.165) is 24.3 Å². The smallest absolute Gasteiger partial charge is 0.181 e. The summed E-state index contributed by atoms with van der Waals surface area (Å²) >= 11 is 0. The van der Waals surface area contributed by atoms with Crippen molar-refractivity contribution in [2.45, 2.75) is 26.7 Å². The lowest BCUT2D eigenvalue weighted by Gasteiger charge is -2.12. The normalized spacial score (nSPS) is 16.7. The minimum absolute atomic E-state index is 0.917. The minimum Gasteiger partial charge on any atom is -0.444 e. The van der Waals surface area contributed by atoms with Crippen LogP contribution < -0.4 is 0 Å². The number of hydrogen-bond acceptors (Lipinski definition) is 2. The number of nitrogens with zero attached hydrogens (tertiary/aromatic N) is 1. The van der Waals surface area contributed by atoms with Crippen LogP contribution in [0.25, 0.3) is 6.08 Å². The molecule has 0 N–H and O–H groups in total. The van der Waals surface area contributed by atoms with Crippen LogP contribution in [-0.2, 0) is 6.42 Å². The molecule has 0 spiro atoms. The number of oxazole rings is 1. The Morgan fingerprint density at radius 2 is 2.27 bits per heavy atom. The molecule has 2 nitrogen and oxygen atoms in total. The monoisotopic (exact) mass is 201 g/mol. The third-order valence-electron chi connectivity index (χ3n) is 2.64. The van der Waals surface area contributed by atoms with E-state index in [1.165, 1.54) is 17.5 Å². The Morgan fingerprint density at radius 3 is 3.00 bits per heavy atom. The largest absolute Gasteiger partial charge is 0.444 e. The van der Waals surface area contributed by atoms with Gasteiger partial charge in [-0.1, -0.05) is 18.2 Å². The van der Waals surface area contributed by atoms with E-state index in [9.17, 15) is 0 Å². The summed E-state index contributed by atoms with van der Waals surface area (Å²) in [6.07, 6.45) is 12.0. The molecule has 0 aromatic carbocycles. The van der Waals surface area contributed by atoms with Gasteiger partial charge in [-0.05, 0) is 43.9 Å². The van der Waals surface area contributed by atoms with Crippen LogP contribution in [0, 0.1) is 0 Å². The average Bonchev–Trinajstić information content (AvgIpc) is 2.72. The average molecular weight is 201 g/mol. The quantitative estimate of drug-likeness (QED) is 0.684. The zero-order valence-electron chi connectivity index (χ0n) is 9.16. The number of aryl methyl sites for hydroxylation is 1. The van der Waals surface area contributed by atoms with Crippen molar-refractivity contribution in [3.05, 3.63) is 47.2 Å². The predicted octanol–water partition coefficient (Wildman–Crippen LogP) is 3.53. The fourth-order valence-electron chi connectivity index (χ4n) is 1.86. The second kappa shape index (κ2) is 4.30. The van der Waals surface area contributed by atoms with E-state index < -0.39 is 0 Å². The SMILES string of the molecule is CC=CC(=CC)C1=Cc2ocnc2CC1. The molecule has 1 aliphatic rings. The summed E-state index contributed by atoms with van der Waals surface area (Å²) in [5.74, 6) is 0.917. The van der Waals surface area contributed by atoms with Crippen molar-refractivity contribution >= 4 is 6.08 Å². The van der Waals surface area contributed by atoms with Gasteiger partial charge in [-0.15, -0.1) is 0 Å². The lowest BCUT2D eigenvalue weighted by Crippen LogP contribution is -1.99. The Labute approximate surface area is 90.0 Å². The van der Waals surface area contributed by atoms with Gasteiger partial charge >= 0.3 is 0 Å². The molecule has 15 heavy (non-hydrogen) atoms. The molecule has 1 heterocycles. The number of aromatic nitrogens is 1.